The molecule has 1 saturated heterocycles. The lowest BCUT2D eigenvalue weighted by Gasteiger charge is -2.36. The molecule has 1 aromatic carbocycles. The molecular weight excluding hydrogens is 437 g/mol. The molecule has 3 heterocycles. The SMILES string of the molecule is Cn1c(=O)nc(N2CC[C@@H](Oc3cccc(C(F)(F)F)c3)[C@H](O)C2)c2nc(Cl)ccc21. The third-order valence-electron chi connectivity index (χ3n) is 5.17. The maximum atomic E-state index is 12.9. The van der Waals surface area contributed by atoms with Crippen LogP contribution in [-0.4, -0.2) is 44.9 Å². The second-order valence-corrected chi connectivity index (χ2v) is 7.65. The monoisotopic (exact) mass is 454 g/mol. The average molecular weight is 455 g/mol. The minimum atomic E-state index is -4.48. The average Bonchev–Trinajstić information content (AvgIpc) is 2.72. The van der Waals surface area contributed by atoms with Crippen molar-refractivity contribution in [1.82, 2.24) is 14.5 Å². The number of β-amino-alcohol motifs (C(OH)–C–C–N with tert-alkyl or cyclic N) is 1. The number of nitrogens with zero attached hydrogens (tertiary/aromatic N) is 4. The molecular formula is C20H18ClF3N4O3. The van der Waals surface area contributed by atoms with E-state index in [9.17, 15) is 23.1 Å². The Kier molecular flexibility index (Phi) is 5.52. The van der Waals surface area contributed by atoms with Crippen molar-refractivity contribution in [1.29, 1.82) is 0 Å². The molecule has 2 aromatic heterocycles. The van der Waals surface area contributed by atoms with Gasteiger partial charge in [0.1, 0.15) is 28.6 Å². The van der Waals surface area contributed by atoms with Gasteiger partial charge in [0.25, 0.3) is 0 Å². The first-order valence-corrected chi connectivity index (χ1v) is 9.81. The van der Waals surface area contributed by atoms with Crippen LogP contribution >= 0.6 is 11.6 Å². The van der Waals surface area contributed by atoms with Gasteiger partial charge in [0.2, 0.25) is 0 Å². The molecule has 0 spiro atoms. The van der Waals surface area contributed by atoms with E-state index in [4.69, 9.17) is 16.3 Å². The van der Waals surface area contributed by atoms with Gasteiger partial charge in [0.15, 0.2) is 5.82 Å². The van der Waals surface area contributed by atoms with Gasteiger partial charge in [0, 0.05) is 26.6 Å². The highest BCUT2D eigenvalue weighted by Gasteiger charge is 2.33. The van der Waals surface area contributed by atoms with E-state index >= 15 is 0 Å². The van der Waals surface area contributed by atoms with Gasteiger partial charge in [-0.2, -0.15) is 18.2 Å². The fraction of sp³-hybridized carbons (Fsp3) is 0.350. The summed E-state index contributed by atoms with van der Waals surface area (Å²) >= 11 is 6.01. The number of aromatic nitrogens is 3. The lowest BCUT2D eigenvalue weighted by Crippen LogP contribution is -2.50. The minimum Gasteiger partial charge on any atom is -0.488 e. The van der Waals surface area contributed by atoms with Crippen LogP contribution in [0.25, 0.3) is 11.0 Å². The summed E-state index contributed by atoms with van der Waals surface area (Å²) in [6.45, 7) is 0.414. The molecule has 3 aromatic rings. The van der Waals surface area contributed by atoms with Gasteiger partial charge in [-0.3, -0.25) is 4.57 Å². The number of aliphatic hydroxyl groups excluding tert-OH is 1. The number of hydrogen-bond acceptors (Lipinski definition) is 6. The number of benzene rings is 1. The Labute approximate surface area is 179 Å². The lowest BCUT2D eigenvalue weighted by atomic mass is 10.0. The largest absolute Gasteiger partial charge is 0.488 e. The smallest absolute Gasteiger partial charge is 0.416 e. The van der Waals surface area contributed by atoms with Crippen LogP contribution in [-0.2, 0) is 13.2 Å². The third-order valence-corrected chi connectivity index (χ3v) is 5.38. The van der Waals surface area contributed by atoms with Crippen LogP contribution in [0.5, 0.6) is 5.75 Å². The topological polar surface area (TPSA) is 80.5 Å². The van der Waals surface area contributed by atoms with Crippen molar-refractivity contribution in [2.45, 2.75) is 24.8 Å². The van der Waals surface area contributed by atoms with E-state index in [0.717, 1.165) is 12.1 Å². The molecule has 7 nitrogen and oxygen atoms in total. The van der Waals surface area contributed by atoms with E-state index < -0.39 is 29.6 Å². The van der Waals surface area contributed by atoms with Crippen molar-refractivity contribution in [3.63, 3.8) is 0 Å². The van der Waals surface area contributed by atoms with Crippen LogP contribution in [0.3, 0.4) is 0 Å². The first-order chi connectivity index (χ1) is 14.6. The Bertz CT molecular complexity index is 1180. The molecule has 1 fully saturated rings. The van der Waals surface area contributed by atoms with Gasteiger partial charge in [-0.25, -0.2) is 9.78 Å². The van der Waals surface area contributed by atoms with E-state index in [0.29, 0.717) is 24.0 Å². The van der Waals surface area contributed by atoms with Crippen molar-refractivity contribution in [3.05, 3.63) is 57.6 Å². The molecule has 164 valence electrons. The number of fused-ring (bicyclic) bond motifs is 1. The number of aliphatic hydroxyl groups is 1. The second kappa shape index (κ2) is 8.01. The summed E-state index contributed by atoms with van der Waals surface area (Å²) in [5.41, 5.74) is -0.352. The van der Waals surface area contributed by atoms with Gasteiger partial charge in [-0.05, 0) is 30.3 Å². The standard InChI is InChI=1S/C20H18ClF3N4O3/c1-27-13-5-6-16(21)25-17(13)18(26-19(27)30)28-8-7-15(14(29)10-28)31-12-4-2-3-11(9-12)20(22,23)24/h2-6,9,14-15,29H,7-8,10H2,1H3/t14-,15-/m1/s1. The van der Waals surface area contributed by atoms with E-state index in [1.54, 1.807) is 24.1 Å². The van der Waals surface area contributed by atoms with Crippen molar-refractivity contribution >= 4 is 28.5 Å². The molecule has 0 bridgehead atoms. The number of alkyl halides is 3. The van der Waals surface area contributed by atoms with Crippen LogP contribution in [0.2, 0.25) is 5.15 Å². The fourth-order valence-electron chi connectivity index (χ4n) is 3.57. The zero-order valence-electron chi connectivity index (χ0n) is 16.3. The summed E-state index contributed by atoms with van der Waals surface area (Å²) in [6.07, 6.45) is -5.92. The number of rotatable bonds is 3. The van der Waals surface area contributed by atoms with E-state index in [2.05, 4.69) is 9.97 Å². The van der Waals surface area contributed by atoms with Crippen LogP contribution < -0.4 is 15.3 Å². The molecule has 1 aliphatic heterocycles. The number of piperidine rings is 1. The van der Waals surface area contributed by atoms with E-state index in [1.807, 2.05) is 0 Å². The van der Waals surface area contributed by atoms with Crippen LogP contribution in [0.1, 0.15) is 12.0 Å². The Balaban J connectivity index is 1.56. The number of hydrogen-bond donors (Lipinski definition) is 1. The molecule has 1 aliphatic rings. The molecule has 1 N–H and O–H groups in total. The summed E-state index contributed by atoms with van der Waals surface area (Å²) in [7, 11) is 1.57. The van der Waals surface area contributed by atoms with Crippen molar-refractivity contribution in [2.75, 3.05) is 18.0 Å². The highest BCUT2D eigenvalue weighted by atomic mass is 35.5. The number of pyridine rings is 1. The van der Waals surface area contributed by atoms with Crippen LogP contribution in [0, 0.1) is 0 Å². The third kappa shape index (κ3) is 4.31. The Morgan fingerprint density at radius 2 is 2.00 bits per heavy atom. The Morgan fingerprint density at radius 1 is 1.23 bits per heavy atom. The Hall–Kier alpha value is -2.85. The zero-order chi connectivity index (χ0) is 22.3. The molecule has 4 rings (SSSR count). The molecule has 0 amide bonds. The lowest BCUT2D eigenvalue weighted by molar-refractivity contribution is -0.137. The highest BCUT2D eigenvalue weighted by molar-refractivity contribution is 6.29. The normalized spacial score (nSPS) is 19.6. The van der Waals surface area contributed by atoms with Crippen molar-refractivity contribution < 1.29 is 23.0 Å². The first-order valence-electron chi connectivity index (χ1n) is 9.43. The minimum absolute atomic E-state index is 0.0259. The molecule has 0 radical (unpaired) electrons. The summed E-state index contributed by atoms with van der Waals surface area (Å²) in [6, 6.07) is 7.76. The summed E-state index contributed by atoms with van der Waals surface area (Å²) in [4.78, 5) is 22.3. The molecule has 31 heavy (non-hydrogen) atoms. The predicted octanol–water partition coefficient (Wildman–Crippen LogP) is 3.02. The zero-order valence-corrected chi connectivity index (χ0v) is 17.1. The fourth-order valence-corrected chi connectivity index (χ4v) is 3.71. The van der Waals surface area contributed by atoms with Gasteiger partial charge in [-0.15, -0.1) is 0 Å². The number of anilines is 1. The molecule has 0 saturated carbocycles. The van der Waals surface area contributed by atoms with Gasteiger partial charge >= 0.3 is 11.9 Å². The number of ether oxygens (including phenoxy) is 1. The molecule has 2 atom stereocenters. The first kappa shape index (κ1) is 21.4. The summed E-state index contributed by atoms with van der Waals surface area (Å²) in [5, 5.41) is 10.8. The predicted molar refractivity (Wildman–Crippen MR) is 108 cm³/mol. The molecule has 0 unspecified atom stereocenters. The quantitative estimate of drug-likeness (QED) is 0.613. The van der Waals surface area contributed by atoms with Crippen molar-refractivity contribution in [2.24, 2.45) is 7.05 Å². The number of halogens is 4. The summed E-state index contributed by atoms with van der Waals surface area (Å²) in [5.74, 6) is 0.315. The molecule has 11 heteroatoms. The maximum absolute atomic E-state index is 12.9. The van der Waals surface area contributed by atoms with Gasteiger partial charge < -0.3 is 14.7 Å². The number of aryl methyl sites for hydroxylation is 1. The van der Waals surface area contributed by atoms with E-state index in [1.165, 1.54) is 16.7 Å². The van der Waals surface area contributed by atoms with Crippen LogP contribution in [0.15, 0.2) is 41.2 Å². The van der Waals surface area contributed by atoms with Gasteiger partial charge in [-0.1, -0.05) is 17.7 Å². The summed E-state index contributed by atoms with van der Waals surface area (Å²) < 4.78 is 45.7. The van der Waals surface area contributed by atoms with E-state index in [-0.39, 0.29) is 23.3 Å². The maximum Gasteiger partial charge on any atom is 0.416 e. The highest BCUT2D eigenvalue weighted by Crippen LogP contribution is 2.32. The van der Waals surface area contributed by atoms with Crippen LogP contribution in [0.4, 0.5) is 19.0 Å². The second-order valence-electron chi connectivity index (χ2n) is 7.26. The Morgan fingerprint density at radius 3 is 2.71 bits per heavy atom. The van der Waals surface area contributed by atoms with Gasteiger partial charge in [0.05, 0.1) is 11.1 Å². The van der Waals surface area contributed by atoms with Crippen molar-refractivity contribution in [3.8, 4) is 5.75 Å². The molecule has 0 aliphatic carbocycles.